The Hall–Kier alpha value is -3.33. The summed E-state index contributed by atoms with van der Waals surface area (Å²) in [7, 11) is 0. The molecule has 0 saturated carbocycles. The minimum Gasteiger partial charge on any atom is -0.481 e. The molecule has 0 aromatic heterocycles. The molecule has 6 nitrogen and oxygen atoms in total. The topological polar surface area (TPSA) is 93.4 Å². The van der Waals surface area contributed by atoms with Crippen molar-refractivity contribution < 1.29 is 14.7 Å². The number of nitrogens with one attached hydrogen (secondary N) is 1. The van der Waals surface area contributed by atoms with E-state index in [4.69, 9.17) is 5.11 Å². The third kappa shape index (κ3) is 3.67. The molecule has 0 spiro atoms. The predicted molar refractivity (Wildman–Crippen MR) is 98.2 cm³/mol. The molecule has 26 heavy (non-hydrogen) atoms. The fraction of sp³-hybridized carbons (Fsp3) is 0.250. The van der Waals surface area contributed by atoms with Crippen molar-refractivity contribution in [1.29, 1.82) is 5.26 Å². The number of amides is 1. The third-order valence-corrected chi connectivity index (χ3v) is 4.64. The van der Waals surface area contributed by atoms with Gasteiger partial charge in [-0.1, -0.05) is 36.4 Å². The summed E-state index contributed by atoms with van der Waals surface area (Å²) in [6, 6.07) is 15.6. The summed E-state index contributed by atoms with van der Waals surface area (Å²) in [5.74, 6) is -1.61. The average molecular weight is 349 g/mol. The van der Waals surface area contributed by atoms with Crippen LogP contribution in [0.1, 0.15) is 12.8 Å². The molecule has 1 amide bonds. The number of nitriles is 1. The Morgan fingerprint density at radius 1 is 1.15 bits per heavy atom. The van der Waals surface area contributed by atoms with Crippen LogP contribution in [0.2, 0.25) is 0 Å². The number of fused-ring (bicyclic) bond motifs is 1. The van der Waals surface area contributed by atoms with Crippen molar-refractivity contribution >= 4 is 28.3 Å². The molecule has 0 radical (unpaired) electrons. The molecular weight excluding hydrogens is 330 g/mol. The summed E-state index contributed by atoms with van der Waals surface area (Å²) in [4.78, 5) is 25.1. The number of carboxylic acid groups (broad SMARTS) is 1. The van der Waals surface area contributed by atoms with Gasteiger partial charge in [-0.15, -0.1) is 0 Å². The second-order valence-corrected chi connectivity index (χ2v) is 6.25. The van der Waals surface area contributed by atoms with Crippen LogP contribution < -0.4 is 5.32 Å². The van der Waals surface area contributed by atoms with Gasteiger partial charge >= 0.3 is 5.97 Å². The van der Waals surface area contributed by atoms with Crippen LogP contribution in [-0.2, 0) is 9.59 Å². The van der Waals surface area contributed by atoms with E-state index in [0.717, 1.165) is 16.5 Å². The predicted octanol–water partition coefficient (Wildman–Crippen LogP) is 2.98. The van der Waals surface area contributed by atoms with Gasteiger partial charge in [0, 0.05) is 30.4 Å². The summed E-state index contributed by atoms with van der Waals surface area (Å²) in [5, 5.41) is 23.5. The number of carboxylic acids is 1. The van der Waals surface area contributed by atoms with Gasteiger partial charge in [0.25, 0.3) is 5.91 Å². The summed E-state index contributed by atoms with van der Waals surface area (Å²) < 4.78 is 0. The number of aliphatic carboxylic acids is 1. The van der Waals surface area contributed by atoms with Crippen molar-refractivity contribution in [1.82, 2.24) is 4.90 Å². The van der Waals surface area contributed by atoms with Crippen molar-refractivity contribution in [2.45, 2.75) is 12.8 Å². The Labute approximate surface area is 151 Å². The summed E-state index contributed by atoms with van der Waals surface area (Å²) in [5.41, 5.74) is 0.819. The molecule has 132 valence electrons. The minimum atomic E-state index is -0.828. The van der Waals surface area contributed by atoms with E-state index >= 15 is 0 Å². The molecule has 3 rings (SSSR count). The Balaban J connectivity index is 1.73. The molecule has 2 N–H and O–H groups in total. The number of nitrogens with zero attached hydrogens (tertiary/aromatic N) is 2. The number of carbonyl (C=O) groups excluding carboxylic acids is 1. The number of likely N-dealkylation sites (tertiary alicyclic amines) is 1. The second kappa shape index (κ2) is 7.70. The van der Waals surface area contributed by atoms with Crippen molar-refractivity contribution in [3.05, 3.63) is 54.2 Å². The highest BCUT2D eigenvalue weighted by molar-refractivity contribution is 5.99. The fourth-order valence-electron chi connectivity index (χ4n) is 3.14. The minimum absolute atomic E-state index is 0.00621. The number of hydrogen-bond acceptors (Lipinski definition) is 4. The zero-order valence-corrected chi connectivity index (χ0v) is 14.2. The van der Waals surface area contributed by atoms with Gasteiger partial charge in [-0.25, -0.2) is 0 Å². The highest BCUT2D eigenvalue weighted by atomic mass is 16.4. The van der Waals surface area contributed by atoms with Crippen LogP contribution >= 0.6 is 0 Å². The van der Waals surface area contributed by atoms with Gasteiger partial charge in [-0.2, -0.15) is 5.26 Å². The number of anilines is 1. The molecule has 1 heterocycles. The van der Waals surface area contributed by atoms with Crippen LogP contribution in [0.25, 0.3) is 10.8 Å². The quantitative estimate of drug-likeness (QED) is 0.654. The van der Waals surface area contributed by atoms with Crippen molar-refractivity contribution in [2.24, 2.45) is 5.92 Å². The van der Waals surface area contributed by atoms with Crippen LogP contribution in [0.15, 0.2) is 54.2 Å². The van der Waals surface area contributed by atoms with E-state index in [-0.39, 0.29) is 11.5 Å². The molecule has 1 aliphatic rings. The number of carbonyl (C=O) groups is 2. The SMILES string of the molecule is N#C/C(=C/Nc1cccc2ccccc12)C(=O)N1CCC(C(=O)O)CC1. The van der Waals surface area contributed by atoms with E-state index in [1.54, 1.807) is 4.90 Å². The van der Waals surface area contributed by atoms with Gasteiger partial charge < -0.3 is 15.3 Å². The zero-order valence-electron chi connectivity index (χ0n) is 14.2. The summed E-state index contributed by atoms with van der Waals surface area (Å²) in [6.45, 7) is 0.701. The smallest absolute Gasteiger partial charge is 0.306 e. The van der Waals surface area contributed by atoms with Crippen molar-refractivity contribution in [2.75, 3.05) is 18.4 Å². The Bertz CT molecular complexity index is 901. The van der Waals surface area contributed by atoms with Gasteiger partial charge in [-0.3, -0.25) is 9.59 Å². The molecule has 0 bridgehead atoms. The van der Waals surface area contributed by atoms with E-state index in [1.165, 1.54) is 6.20 Å². The highest BCUT2D eigenvalue weighted by Crippen LogP contribution is 2.23. The van der Waals surface area contributed by atoms with Gasteiger partial charge in [0.05, 0.1) is 5.92 Å². The van der Waals surface area contributed by atoms with Crippen LogP contribution in [0, 0.1) is 17.2 Å². The first-order valence-electron chi connectivity index (χ1n) is 8.47. The molecule has 1 saturated heterocycles. The van der Waals surface area contributed by atoms with Crippen molar-refractivity contribution in [3.8, 4) is 6.07 Å². The molecule has 0 unspecified atom stereocenters. The molecule has 2 aromatic carbocycles. The Morgan fingerprint density at radius 2 is 1.85 bits per heavy atom. The van der Waals surface area contributed by atoms with Crippen molar-refractivity contribution in [3.63, 3.8) is 0 Å². The maximum Gasteiger partial charge on any atom is 0.306 e. The molecule has 2 aromatic rings. The first kappa shape index (κ1) is 17.5. The lowest BCUT2D eigenvalue weighted by Gasteiger charge is -2.29. The van der Waals surface area contributed by atoms with E-state index in [9.17, 15) is 14.9 Å². The summed E-state index contributed by atoms with van der Waals surface area (Å²) >= 11 is 0. The Morgan fingerprint density at radius 3 is 2.54 bits per heavy atom. The van der Waals surface area contributed by atoms with Gasteiger partial charge in [-0.05, 0) is 24.3 Å². The average Bonchev–Trinajstić information content (AvgIpc) is 2.68. The normalized spacial score (nSPS) is 15.5. The molecule has 1 aliphatic heterocycles. The lowest BCUT2D eigenvalue weighted by atomic mass is 9.97. The van der Waals surface area contributed by atoms with Crippen LogP contribution in [0.3, 0.4) is 0 Å². The molecule has 0 atom stereocenters. The second-order valence-electron chi connectivity index (χ2n) is 6.25. The largest absolute Gasteiger partial charge is 0.481 e. The highest BCUT2D eigenvalue weighted by Gasteiger charge is 2.28. The maximum absolute atomic E-state index is 12.5. The number of hydrogen-bond donors (Lipinski definition) is 2. The van der Waals surface area contributed by atoms with Gasteiger partial charge in [0.2, 0.25) is 0 Å². The number of benzene rings is 2. The Kier molecular flexibility index (Phi) is 5.18. The van der Waals surface area contributed by atoms with Crippen LogP contribution in [-0.4, -0.2) is 35.0 Å². The van der Waals surface area contributed by atoms with E-state index in [1.807, 2.05) is 48.5 Å². The monoisotopic (exact) mass is 349 g/mol. The standard InChI is InChI=1S/C20H19N3O3/c21-12-16(19(24)23-10-8-15(9-11-23)20(25)26)13-22-18-7-3-5-14-4-1-2-6-17(14)18/h1-7,13,15,22H,8-11H2,(H,25,26)/b16-13-. The third-order valence-electron chi connectivity index (χ3n) is 4.64. The molecule has 6 heteroatoms. The van der Waals surface area contributed by atoms with Gasteiger partial charge in [0.15, 0.2) is 0 Å². The van der Waals surface area contributed by atoms with Crippen LogP contribution in [0.5, 0.6) is 0 Å². The first-order valence-corrected chi connectivity index (χ1v) is 8.47. The van der Waals surface area contributed by atoms with Crippen LogP contribution in [0.4, 0.5) is 5.69 Å². The lowest BCUT2D eigenvalue weighted by Crippen LogP contribution is -2.40. The fourth-order valence-corrected chi connectivity index (χ4v) is 3.14. The van der Waals surface area contributed by atoms with Gasteiger partial charge in [0.1, 0.15) is 11.6 Å². The summed E-state index contributed by atoms with van der Waals surface area (Å²) in [6.07, 6.45) is 2.25. The maximum atomic E-state index is 12.5. The molecule has 1 fully saturated rings. The first-order chi connectivity index (χ1) is 12.6. The molecular formula is C20H19N3O3. The lowest BCUT2D eigenvalue weighted by molar-refractivity contribution is -0.145. The van der Waals surface area contributed by atoms with E-state index in [2.05, 4.69) is 5.32 Å². The number of rotatable bonds is 4. The number of piperidine rings is 1. The molecule has 0 aliphatic carbocycles. The van der Waals surface area contributed by atoms with E-state index in [0.29, 0.717) is 25.9 Å². The van der Waals surface area contributed by atoms with E-state index < -0.39 is 11.9 Å². The zero-order chi connectivity index (χ0) is 18.5.